The van der Waals surface area contributed by atoms with Crippen molar-refractivity contribution in [2.75, 3.05) is 26.2 Å². The zero-order valence-corrected chi connectivity index (χ0v) is 11.4. The smallest absolute Gasteiger partial charge is 0.317 e. The molecule has 3 amide bonds. The van der Waals surface area contributed by atoms with Crippen LogP contribution in [0.2, 0.25) is 0 Å². The molecule has 0 aliphatic carbocycles. The molecule has 0 saturated carbocycles. The van der Waals surface area contributed by atoms with E-state index in [0.717, 1.165) is 0 Å². The summed E-state index contributed by atoms with van der Waals surface area (Å²) in [4.78, 5) is 35.1. The number of nitrogens with zero attached hydrogens (tertiary/aromatic N) is 1. The summed E-state index contributed by atoms with van der Waals surface area (Å²) in [5.41, 5.74) is 0. The Labute approximate surface area is 108 Å². The summed E-state index contributed by atoms with van der Waals surface area (Å²) in [7, 11) is 0. The van der Waals surface area contributed by atoms with Crippen molar-refractivity contribution in [1.29, 1.82) is 0 Å². The molecule has 0 spiro atoms. The summed E-state index contributed by atoms with van der Waals surface area (Å²) in [5.74, 6) is -0.165. The normalized spacial score (nSPS) is 9.72. The van der Waals surface area contributed by atoms with Crippen molar-refractivity contribution in [1.82, 2.24) is 15.5 Å². The Bertz CT molecular complexity index is 288. The molecular weight excluding hydrogens is 234 g/mol. The highest BCUT2D eigenvalue weighted by molar-refractivity contribution is 5.83. The van der Waals surface area contributed by atoms with E-state index >= 15 is 0 Å². The summed E-state index contributed by atoms with van der Waals surface area (Å²) in [6.07, 6.45) is 0.469. The van der Waals surface area contributed by atoms with Gasteiger partial charge in [0.1, 0.15) is 5.78 Å². The molecule has 0 aromatic carbocycles. The maximum absolute atomic E-state index is 11.5. The molecule has 0 saturated heterocycles. The zero-order valence-electron chi connectivity index (χ0n) is 11.4. The van der Waals surface area contributed by atoms with Gasteiger partial charge in [0, 0.05) is 39.0 Å². The molecule has 0 aromatic rings. The molecule has 0 bridgehead atoms. The maximum Gasteiger partial charge on any atom is 0.317 e. The Kier molecular flexibility index (Phi) is 8.61. The van der Waals surface area contributed by atoms with Crippen LogP contribution in [-0.4, -0.2) is 48.8 Å². The Balaban J connectivity index is 3.64. The second kappa shape index (κ2) is 9.44. The highest BCUT2D eigenvalue weighted by atomic mass is 16.2. The van der Waals surface area contributed by atoms with Gasteiger partial charge in [0.15, 0.2) is 0 Å². The molecule has 0 unspecified atom stereocenters. The van der Waals surface area contributed by atoms with Gasteiger partial charge in [0.05, 0.1) is 0 Å². The quantitative estimate of drug-likeness (QED) is 0.622. The minimum Gasteiger partial charge on any atom is -0.354 e. The average Bonchev–Trinajstić information content (AvgIpc) is 2.33. The molecule has 0 heterocycles. The standard InChI is InChI=1S/C12H23N3O3/c1-4-15(5-2)12(18)14-9-8-13-11(17)7-6-10(3)16/h4-9H2,1-3H3,(H,13,17)(H,14,18). The second-order valence-electron chi connectivity index (χ2n) is 3.96. The van der Waals surface area contributed by atoms with Gasteiger partial charge in [0.25, 0.3) is 0 Å². The number of rotatable bonds is 8. The van der Waals surface area contributed by atoms with Gasteiger partial charge in [-0.3, -0.25) is 4.79 Å². The van der Waals surface area contributed by atoms with E-state index < -0.39 is 0 Å². The molecule has 2 N–H and O–H groups in total. The Morgan fingerprint density at radius 2 is 1.50 bits per heavy atom. The molecule has 0 aliphatic rings. The number of ketones is 1. The summed E-state index contributed by atoms with van der Waals surface area (Å²) in [6.45, 7) is 7.36. The Morgan fingerprint density at radius 1 is 0.944 bits per heavy atom. The molecule has 6 nitrogen and oxygen atoms in total. The van der Waals surface area contributed by atoms with Crippen molar-refractivity contribution in [3.63, 3.8) is 0 Å². The van der Waals surface area contributed by atoms with E-state index in [2.05, 4.69) is 10.6 Å². The third-order valence-corrected chi connectivity index (χ3v) is 2.48. The van der Waals surface area contributed by atoms with Crippen molar-refractivity contribution in [2.45, 2.75) is 33.6 Å². The average molecular weight is 257 g/mol. The number of hydrogen-bond donors (Lipinski definition) is 2. The molecule has 0 aromatic heterocycles. The van der Waals surface area contributed by atoms with Crippen LogP contribution in [0.25, 0.3) is 0 Å². The van der Waals surface area contributed by atoms with Gasteiger partial charge in [-0.2, -0.15) is 0 Å². The predicted octanol–water partition coefficient (Wildman–Crippen LogP) is 0.523. The first-order valence-electron chi connectivity index (χ1n) is 6.30. The molecule has 0 atom stereocenters. The largest absolute Gasteiger partial charge is 0.354 e. The number of Topliss-reactive ketones (excluding diaryl/α,β-unsaturated/α-hetero) is 1. The van der Waals surface area contributed by atoms with Crippen LogP contribution in [-0.2, 0) is 9.59 Å². The number of carbonyl (C=O) groups excluding carboxylic acids is 3. The molecule has 0 fully saturated rings. The lowest BCUT2D eigenvalue weighted by Crippen LogP contribution is -2.42. The van der Waals surface area contributed by atoms with Gasteiger partial charge in [-0.1, -0.05) is 0 Å². The minimum absolute atomic E-state index is 0.0000128. The number of hydrogen-bond acceptors (Lipinski definition) is 3. The lowest BCUT2D eigenvalue weighted by Gasteiger charge is -2.19. The van der Waals surface area contributed by atoms with E-state index in [9.17, 15) is 14.4 Å². The summed E-state index contributed by atoms with van der Waals surface area (Å²) >= 11 is 0. The van der Waals surface area contributed by atoms with Crippen LogP contribution >= 0.6 is 0 Å². The number of amides is 3. The topological polar surface area (TPSA) is 78.5 Å². The second-order valence-corrected chi connectivity index (χ2v) is 3.96. The SMILES string of the molecule is CCN(CC)C(=O)NCCNC(=O)CCC(C)=O. The van der Waals surface area contributed by atoms with Crippen molar-refractivity contribution in [2.24, 2.45) is 0 Å². The third kappa shape index (κ3) is 7.65. The van der Waals surface area contributed by atoms with Gasteiger partial charge in [-0.25, -0.2) is 4.79 Å². The molecule has 0 rings (SSSR count). The number of carbonyl (C=O) groups is 3. The van der Waals surface area contributed by atoms with Crippen LogP contribution in [0.4, 0.5) is 4.79 Å². The first-order chi connectivity index (χ1) is 8.51. The molecule has 0 radical (unpaired) electrons. The van der Waals surface area contributed by atoms with Gasteiger partial charge >= 0.3 is 6.03 Å². The molecular formula is C12H23N3O3. The molecule has 6 heteroatoms. The minimum atomic E-state index is -0.165. The van der Waals surface area contributed by atoms with E-state index in [1.807, 2.05) is 13.8 Å². The molecule has 0 aliphatic heterocycles. The van der Waals surface area contributed by atoms with Crippen LogP contribution in [0.5, 0.6) is 0 Å². The van der Waals surface area contributed by atoms with Crippen molar-refractivity contribution in [3.8, 4) is 0 Å². The third-order valence-electron chi connectivity index (χ3n) is 2.48. The summed E-state index contributed by atoms with van der Waals surface area (Å²) in [6, 6.07) is -0.127. The van der Waals surface area contributed by atoms with Crippen molar-refractivity contribution in [3.05, 3.63) is 0 Å². The van der Waals surface area contributed by atoms with E-state index in [1.165, 1.54) is 6.92 Å². The predicted molar refractivity (Wildman–Crippen MR) is 69.2 cm³/mol. The van der Waals surface area contributed by atoms with Gasteiger partial charge in [0.2, 0.25) is 5.91 Å². The van der Waals surface area contributed by atoms with Gasteiger partial charge in [-0.05, 0) is 20.8 Å². The zero-order chi connectivity index (χ0) is 14.0. The molecule has 18 heavy (non-hydrogen) atoms. The first kappa shape index (κ1) is 16.4. The monoisotopic (exact) mass is 257 g/mol. The van der Waals surface area contributed by atoms with Gasteiger partial charge < -0.3 is 20.3 Å². The van der Waals surface area contributed by atoms with E-state index in [1.54, 1.807) is 4.90 Å². The van der Waals surface area contributed by atoms with Crippen LogP contribution < -0.4 is 10.6 Å². The number of nitrogens with one attached hydrogen (secondary N) is 2. The highest BCUT2D eigenvalue weighted by Crippen LogP contribution is 1.90. The van der Waals surface area contributed by atoms with E-state index in [4.69, 9.17) is 0 Å². The summed E-state index contributed by atoms with van der Waals surface area (Å²) in [5, 5.41) is 5.35. The van der Waals surface area contributed by atoms with Crippen LogP contribution in [0, 0.1) is 0 Å². The van der Waals surface area contributed by atoms with E-state index in [-0.39, 0.29) is 30.6 Å². The summed E-state index contributed by atoms with van der Waals surface area (Å²) < 4.78 is 0. The van der Waals surface area contributed by atoms with Crippen LogP contribution in [0.1, 0.15) is 33.6 Å². The fourth-order valence-corrected chi connectivity index (χ4v) is 1.37. The van der Waals surface area contributed by atoms with Crippen LogP contribution in [0.15, 0.2) is 0 Å². The number of urea groups is 1. The van der Waals surface area contributed by atoms with E-state index in [0.29, 0.717) is 26.2 Å². The lowest BCUT2D eigenvalue weighted by atomic mass is 10.2. The molecule has 104 valence electrons. The lowest BCUT2D eigenvalue weighted by molar-refractivity contribution is -0.124. The maximum atomic E-state index is 11.5. The Morgan fingerprint density at radius 3 is 2.00 bits per heavy atom. The van der Waals surface area contributed by atoms with Gasteiger partial charge in [-0.15, -0.1) is 0 Å². The van der Waals surface area contributed by atoms with Crippen molar-refractivity contribution < 1.29 is 14.4 Å². The van der Waals surface area contributed by atoms with Crippen molar-refractivity contribution >= 4 is 17.7 Å². The fourth-order valence-electron chi connectivity index (χ4n) is 1.37. The fraction of sp³-hybridized carbons (Fsp3) is 0.750. The highest BCUT2D eigenvalue weighted by Gasteiger charge is 2.08. The van der Waals surface area contributed by atoms with Crippen LogP contribution in [0.3, 0.4) is 0 Å². The first-order valence-corrected chi connectivity index (χ1v) is 6.30. The Hall–Kier alpha value is -1.59.